The largest absolute Gasteiger partial charge is 0.400 e. The van der Waals surface area contributed by atoms with E-state index in [1.165, 1.54) is 6.07 Å². The van der Waals surface area contributed by atoms with Crippen molar-refractivity contribution in [2.24, 2.45) is 0 Å². The van der Waals surface area contributed by atoms with Gasteiger partial charge in [0.15, 0.2) is 0 Å². The number of alkyl halides is 2. The highest BCUT2D eigenvalue weighted by Crippen LogP contribution is 2.29. The first-order chi connectivity index (χ1) is 16.0. The van der Waals surface area contributed by atoms with E-state index in [0.29, 0.717) is 30.3 Å². The Balaban J connectivity index is 0.000000733. The summed E-state index contributed by atoms with van der Waals surface area (Å²) in [7, 11) is 1.00. The molecule has 2 saturated heterocycles. The predicted octanol–water partition coefficient (Wildman–Crippen LogP) is 3.62. The Hall–Kier alpha value is -2.33. The van der Waals surface area contributed by atoms with Crippen LogP contribution in [-0.2, 0) is 9.59 Å². The molecule has 194 valence electrons. The highest BCUT2D eigenvalue weighted by atomic mass is 19.3. The SMILES string of the molecule is CC(C)(F)F.CCCN(CCC)C1CN(c2ccc(NC3CCC(=O)NC3=O)cc2F)C1.CO. The molecule has 2 aliphatic heterocycles. The van der Waals surface area contributed by atoms with Gasteiger partial charge in [0.25, 0.3) is 0 Å². The number of nitrogens with zero attached hydrogens (tertiary/aromatic N) is 2. The summed E-state index contributed by atoms with van der Waals surface area (Å²) in [6.45, 7) is 9.95. The molecule has 3 rings (SSSR count). The van der Waals surface area contributed by atoms with Gasteiger partial charge in [0.05, 0.1) is 5.69 Å². The summed E-state index contributed by atoms with van der Waals surface area (Å²) in [6, 6.07) is 4.99. The average Bonchev–Trinajstić information content (AvgIpc) is 2.71. The summed E-state index contributed by atoms with van der Waals surface area (Å²) >= 11 is 0. The summed E-state index contributed by atoms with van der Waals surface area (Å²) in [5, 5.41) is 12.3. The standard InChI is InChI=1S/C20H29FN4O2.C3H6F2.CH4O/c1-3-9-24(10-4-2)15-12-25(13-15)18-7-5-14(11-16(18)21)22-17-6-8-19(26)23-20(17)27;1-3(2,4)5;1-2/h5,7,11,15,17,22H,3-4,6,8-10,12-13H2,1-2H3,(H,23,26,27);1-2H3;2H,1H3. The smallest absolute Gasteiger partial charge is 0.249 e. The maximum atomic E-state index is 14.6. The minimum atomic E-state index is -2.50. The number of hydrogen-bond acceptors (Lipinski definition) is 6. The molecule has 0 spiro atoms. The summed E-state index contributed by atoms with van der Waals surface area (Å²) < 4.78 is 36.7. The predicted molar refractivity (Wildman–Crippen MR) is 129 cm³/mol. The molecule has 2 amide bonds. The maximum Gasteiger partial charge on any atom is 0.249 e. The van der Waals surface area contributed by atoms with E-state index >= 15 is 0 Å². The third-order valence-corrected chi connectivity index (χ3v) is 5.27. The van der Waals surface area contributed by atoms with E-state index < -0.39 is 12.0 Å². The van der Waals surface area contributed by atoms with Gasteiger partial charge in [-0.15, -0.1) is 0 Å². The minimum Gasteiger partial charge on any atom is -0.400 e. The third kappa shape index (κ3) is 9.89. The molecule has 2 fully saturated rings. The molecule has 34 heavy (non-hydrogen) atoms. The highest BCUT2D eigenvalue weighted by Gasteiger charge is 2.33. The zero-order valence-corrected chi connectivity index (χ0v) is 20.8. The molecule has 0 saturated carbocycles. The molecule has 1 aromatic rings. The average molecular weight is 489 g/mol. The summed E-state index contributed by atoms with van der Waals surface area (Å²) in [5.41, 5.74) is 1.16. The molecule has 3 N–H and O–H groups in total. The first kappa shape index (κ1) is 29.7. The lowest BCUT2D eigenvalue weighted by Gasteiger charge is -2.47. The molecule has 10 heteroatoms. The molecule has 2 aliphatic rings. The van der Waals surface area contributed by atoms with Gasteiger partial charge in [0.1, 0.15) is 11.9 Å². The van der Waals surface area contributed by atoms with Crippen LogP contribution in [0.15, 0.2) is 18.2 Å². The van der Waals surface area contributed by atoms with Crippen LogP contribution in [0.3, 0.4) is 0 Å². The second kappa shape index (κ2) is 14.2. The van der Waals surface area contributed by atoms with Crippen LogP contribution in [0.4, 0.5) is 24.5 Å². The molecule has 2 heterocycles. The van der Waals surface area contributed by atoms with E-state index in [1.54, 1.807) is 12.1 Å². The third-order valence-electron chi connectivity index (χ3n) is 5.27. The lowest BCUT2D eigenvalue weighted by Crippen LogP contribution is -2.60. The molecule has 0 radical (unpaired) electrons. The van der Waals surface area contributed by atoms with E-state index in [-0.39, 0.29) is 17.6 Å². The number of aliphatic hydroxyl groups is 1. The molecule has 0 bridgehead atoms. The lowest BCUT2D eigenvalue weighted by molar-refractivity contribution is -0.133. The Labute approximate surface area is 200 Å². The van der Waals surface area contributed by atoms with Gasteiger partial charge in [-0.3, -0.25) is 19.8 Å². The molecular formula is C24H39F3N4O3. The zero-order chi connectivity index (χ0) is 25.9. The normalized spacial score (nSPS) is 18.3. The van der Waals surface area contributed by atoms with E-state index in [9.17, 15) is 22.8 Å². The number of hydrogen-bond donors (Lipinski definition) is 3. The van der Waals surface area contributed by atoms with Crippen molar-refractivity contribution in [3.05, 3.63) is 24.0 Å². The summed E-state index contributed by atoms with van der Waals surface area (Å²) in [5.74, 6) is -3.40. The monoisotopic (exact) mass is 488 g/mol. The number of amides is 2. The van der Waals surface area contributed by atoms with Crippen molar-refractivity contribution in [1.82, 2.24) is 10.2 Å². The number of carbonyl (C=O) groups is 2. The van der Waals surface area contributed by atoms with E-state index in [4.69, 9.17) is 5.11 Å². The van der Waals surface area contributed by atoms with Crippen LogP contribution in [0.1, 0.15) is 53.4 Å². The number of piperidine rings is 1. The molecule has 1 aromatic carbocycles. The van der Waals surface area contributed by atoms with Gasteiger partial charge < -0.3 is 15.3 Å². The minimum absolute atomic E-state index is 0.257. The van der Waals surface area contributed by atoms with Gasteiger partial charge in [-0.25, -0.2) is 13.2 Å². The van der Waals surface area contributed by atoms with Crippen LogP contribution in [0.2, 0.25) is 0 Å². The van der Waals surface area contributed by atoms with Gasteiger partial charge in [0.2, 0.25) is 17.7 Å². The fourth-order valence-corrected chi connectivity index (χ4v) is 3.82. The number of halogens is 3. The van der Waals surface area contributed by atoms with Crippen molar-refractivity contribution in [2.45, 2.75) is 71.4 Å². The van der Waals surface area contributed by atoms with Crippen molar-refractivity contribution in [3.63, 3.8) is 0 Å². The van der Waals surface area contributed by atoms with Gasteiger partial charge >= 0.3 is 0 Å². The fourth-order valence-electron chi connectivity index (χ4n) is 3.82. The second-order valence-corrected chi connectivity index (χ2v) is 8.74. The molecule has 1 atom stereocenters. The molecule has 1 unspecified atom stereocenters. The highest BCUT2D eigenvalue weighted by molar-refractivity contribution is 6.01. The Morgan fingerprint density at radius 1 is 1.15 bits per heavy atom. The number of rotatable bonds is 8. The van der Waals surface area contributed by atoms with Gasteiger partial charge in [0, 0.05) is 38.3 Å². The van der Waals surface area contributed by atoms with Crippen LogP contribution in [-0.4, -0.2) is 73.1 Å². The molecule has 7 nitrogen and oxygen atoms in total. The van der Waals surface area contributed by atoms with Crippen molar-refractivity contribution >= 4 is 23.2 Å². The van der Waals surface area contributed by atoms with Crippen molar-refractivity contribution in [3.8, 4) is 0 Å². The van der Waals surface area contributed by atoms with Crippen molar-refractivity contribution in [2.75, 3.05) is 43.5 Å². The van der Waals surface area contributed by atoms with Crippen LogP contribution in [0.25, 0.3) is 0 Å². The van der Waals surface area contributed by atoms with Crippen LogP contribution in [0, 0.1) is 5.82 Å². The fraction of sp³-hybridized carbons (Fsp3) is 0.667. The number of benzene rings is 1. The Morgan fingerprint density at radius 3 is 2.18 bits per heavy atom. The number of imide groups is 1. The van der Waals surface area contributed by atoms with E-state index in [0.717, 1.165) is 60.0 Å². The first-order valence-electron chi connectivity index (χ1n) is 11.7. The Bertz CT molecular complexity index is 771. The second-order valence-electron chi connectivity index (χ2n) is 8.74. The Kier molecular flexibility index (Phi) is 12.4. The number of aliphatic hydroxyl groups excluding tert-OH is 1. The van der Waals surface area contributed by atoms with Crippen molar-refractivity contribution < 1.29 is 27.9 Å². The van der Waals surface area contributed by atoms with Crippen LogP contribution < -0.4 is 15.5 Å². The summed E-state index contributed by atoms with van der Waals surface area (Å²) in [6.07, 6.45) is 2.98. The molecular weight excluding hydrogens is 449 g/mol. The Morgan fingerprint density at radius 2 is 1.71 bits per heavy atom. The summed E-state index contributed by atoms with van der Waals surface area (Å²) in [4.78, 5) is 27.6. The van der Waals surface area contributed by atoms with Gasteiger partial charge in [-0.1, -0.05) is 13.8 Å². The number of nitrogens with one attached hydrogen (secondary N) is 2. The van der Waals surface area contributed by atoms with E-state index in [1.807, 2.05) is 0 Å². The topological polar surface area (TPSA) is 84.9 Å². The zero-order valence-electron chi connectivity index (χ0n) is 20.8. The lowest BCUT2D eigenvalue weighted by atomic mass is 10.0. The van der Waals surface area contributed by atoms with Gasteiger partial charge in [-0.2, -0.15) is 0 Å². The quantitative estimate of drug-likeness (QED) is 0.485. The van der Waals surface area contributed by atoms with Crippen LogP contribution >= 0.6 is 0 Å². The molecule has 0 aromatic heterocycles. The first-order valence-corrected chi connectivity index (χ1v) is 11.7. The van der Waals surface area contributed by atoms with Gasteiger partial charge in [-0.05, 0) is 64.4 Å². The number of carbonyl (C=O) groups excluding carboxylic acids is 2. The van der Waals surface area contributed by atoms with Crippen LogP contribution in [0.5, 0.6) is 0 Å². The molecule has 0 aliphatic carbocycles. The maximum absolute atomic E-state index is 14.6. The van der Waals surface area contributed by atoms with E-state index in [2.05, 4.69) is 34.3 Å². The number of anilines is 2. The van der Waals surface area contributed by atoms with Crippen molar-refractivity contribution in [1.29, 1.82) is 0 Å².